The second-order valence-electron chi connectivity index (χ2n) is 7.00. The lowest BCUT2D eigenvalue weighted by Crippen LogP contribution is -2.48. The number of benzene rings is 1. The number of rotatable bonds is 6. The molecule has 0 spiro atoms. The highest BCUT2D eigenvalue weighted by molar-refractivity contribution is 9.10. The third kappa shape index (κ3) is 3.60. The third-order valence-corrected chi connectivity index (χ3v) is 6.96. The molecule has 150 valence electrons. The average molecular weight is 474 g/mol. The second kappa shape index (κ2) is 7.72. The maximum absolute atomic E-state index is 12.1. The average Bonchev–Trinajstić information content (AvgIpc) is 3.23. The van der Waals surface area contributed by atoms with E-state index in [1.165, 1.54) is 10.1 Å². The third-order valence-electron chi connectivity index (χ3n) is 5.26. The zero-order valence-electron chi connectivity index (χ0n) is 16.0. The van der Waals surface area contributed by atoms with Crippen LogP contribution in [0.2, 0.25) is 0 Å². The molecule has 9 heteroatoms. The summed E-state index contributed by atoms with van der Waals surface area (Å²) >= 11 is 5.21. The molecule has 1 aliphatic rings. The fourth-order valence-corrected chi connectivity index (χ4v) is 4.95. The Labute approximate surface area is 180 Å². The molecule has 0 aliphatic carbocycles. The number of nitrogens with zero attached hydrogens (tertiary/aromatic N) is 3. The summed E-state index contributed by atoms with van der Waals surface area (Å²) in [6.07, 6.45) is 2.27. The van der Waals surface area contributed by atoms with Crippen LogP contribution in [0.3, 0.4) is 0 Å². The monoisotopic (exact) mass is 473 g/mol. The minimum atomic E-state index is -0.818. The van der Waals surface area contributed by atoms with Crippen molar-refractivity contribution in [1.82, 2.24) is 20.2 Å². The summed E-state index contributed by atoms with van der Waals surface area (Å²) in [4.78, 5) is 35.8. The van der Waals surface area contributed by atoms with E-state index >= 15 is 0 Å². The maximum Gasteiger partial charge on any atom is 0.325 e. The predicted octanol–water partition coefficient (Wildman–Crippen LogP) is 4.25. The Balaban J connectivity index is 1.50. The number of fused-ring (bicyclic) bond motifs is 1. The molecule has 0 bridgehead atoms. The molecular weight excluding hydrogens is 454 g/mol. The second-order valence-corrected chi connectivity index (χ2v) is 8.94. The van der Waals surface area contributed by atoms with Crippen molar-refractivity contribution in [1.29, 1.82) is 0 Å². The fourth-order valence-electron chi connectivity index (χ4n) is 3.35. The van der Waals surface area contributed by atoms with Gasteiger partial charge in [-0.05, 0) is 46.8 Å². The van der Waals surface area contributed by atoms with E-state index in [1.807, 2.05) is 19.1 Å². The largest absolute Gasteiger partial charge is 0.352 e. The normalized spacial score (nSPS) is 19.1. The Kier molecular flexibility index (Phi) is 5.26. The van der Waals surface area contributed by atoms with Gasteiger partial charge in [0.2, 0.25) is 5.95 Å². The van der Waals surface area contributed by atoms with Gasteiger partial charge in [-0.3, -0.25) is 10.1 Å². The van der Waals surface area contributed by atoms with E-state index in [0.29, 0.717) is 25.5 Å². The number of hydrogen-bond acceptors (Lipinski definition) is 6. The Morgan fingerprint density at radius 1 is 1.31 bits per heavy atom. The molecule has 0 radical (unpaired) electrons. The molecule has 1 aliphatic heterocycles. The summed E-state index contributed by atoms with van der Waals surface area (Å²) < 4.78 is 2.02. The Bertz CT molecular complexity index is 1070. The number of aromatic nitrogens is 2. The molecule has 3 amide bonds. The van der Waals surface area contributed by atoms with Gasteiger partial charge in [0.15, 0.2) is 0 Å². The molecule has 0 saturated carbocycles. The standard InChI is InChI=1S/C20H20BrN5O2S/c1-3-20(2)17(27)25-19(28)26(20)9-8-22-18-23-11-13(21)16(24-18)15-10-12-6-4-5-7-14(12)29-15/h4-7,10-11H,3,8-9H2,1-2H3,(H,22,23,24)(H,25,27,28). The van der Waals surface area contributed by atoms with Crippen LogP contribution in [0.5, 0.6) is 0 Å². The van der Waals surface area contributed by atoms with Crippen molar-refractivity contribution in [3.8, 4) is 10.6 Å². The number of anilines is 1. The lowest BCUT2D eigenvalue weighted by Gasteiger charge is -2.30. The predicted molar refractivity (Wildman–Crippen MR) is 118 cm³/mol. The summed E-state index contributed by atoms with van der Waals surface area (Å²) in [7, 11) is 0. The summed E-state index contributed by atoms with van der Waals surface area (Å²) in [5.41, 5.74) is -0.00197. The summed E-state index contributed by atoms with van der Waals surface area (Å²) in [5, 5.41) is 6.74. The molecule has 1 aromatic carbocycles. The highest BCUT2D eigenvalue weighted by atomic mass is 79.9. The van der Waals surface area contributed by atoms with E-state index in [-0.39, 0.29) is 11.9 Å². The lowest BCUT2D eigenvalue weighted by atomic mass is 9.97. The van der Waals surface area contributed by atoms with Gasteiger partial charge in [0.25, 0.3) is 5.91 Å². The van der Waals surface area contributed by atoms with Crippen molar-refractivity contribution in [3.05, 3.63) is 41.0 Å². The smallest absolute Gasteiger partial charge is 0.325 e. The molecule has 3 heterocycles. The number of carbonyl (C=O) groups excluding carboxylic acids is 2. The minimum Gasteiger partial charge on any atom is -0.352 e. The Morgan fingerprint density at radius 2 is 2.10 bits per heavy atom. The molecule has 1 atom stereocenters. The molecule has 29 heavy (non-hydrogen) atoms. The van der Waals surface area contributed by atoms with Crippen LogP contribution in [-0.2, 0) is 4.79 Å². The van der Waals surface area contributed by atoms with Crippen molar-refractivity contribution in [2.45, 2.75) is 25.8 Å². The van der Waals surface area contributed by atoms with E-state index in [4.69, 9.17) is 0 Å². The summed E-state index contributed by atoms with van der Waals surface area (Å²) in [5.74, 6) is 0.224. The van der Waals surface area contributed by atoms with Gasteiger partial charge in [0.1, 0.15) is 11.2 Å². The first kappa shape index (κ1) is 19.8. The van der Waals surface area contributed by atoms with Crippen molar-refractivity contribution < 1.29 is 9.59 Å². The Morgan fingerprint density at radius 3 is 2.86 bits per heavy atom. The van der Waals surface area contributed by atoms with Crippen LogP contribution < -0.4 is 10.6 Å². The van der Waals surface area contributed by atoms with Gasteiger partial charge in [0, 0.05) is 24.0 Å². The number of carbonyl (C=O) groups is 2. The molecule has 7 nitrogen and oxygen atoms in total. The number of imide groups is 1. The molecular formula is C20H20BrN5O2S. The Hall–Kier alpha value is -2.52. The van der Waals surface area contributed by atoms with Gasteiger partial charge in [-0.2, -0.15) is 0 Å². The number of nitrogens with one attached hydrogen (secondary N) is 2. The molecule has 2 N–H and O–H groups in total. The number of hydrogen-bond donors (Lipinski definition) is 2. The first-order valence-corrected chi connectivity index (χ1v) is 10.9. The molecule has 1 fully saturated rings. The van der Waals surface area contributed by atoms with Crippen LogP contribution in [0.15, 0.2) is 41.0 Å². The van der Waals surface area contributed by atoms with Crippen molar-refractivity contribution in [3.63, 3.8) is 0 Å². The number of thiophene rings is 1. The molecule has 4 rings (SSSR count). The van der Waals surface area contributed by atoms with E-state index in [1.54, 1.807) is 29.4 Å². The van der Waals surface area contributed by atoms with Crippen LogP contribution >= 0.6 is 27.3 Å². The molecule has 1 unspecified atom stereocenters. The molecule has 1 saturated heterocycles. The van der Waals surface area contributed by atoms with Gasteiger partial charge in [-0.1, -0.05) is 25.1 Å². The first-order chi connectivity index (χ1) is 13.9. The van der Waals surface area contributed by atoms with Gasteiger partial charge >= 0.3 is 6.03 Å². The van der Waals surface area contributed by atoms with Gasteiger partial charge in [0.05, 0.1) is 9.35 Å². The number of amides is 3. The summed E-state index contributed by atoms with van der Waals surface area (Å²) in [6, 6.07) is 9.97. The molecule has 2 aromatic heterocycles. The van der Waals surface area contributed by atoms with Crippen LogP contribution in [0.4, 0.5) is 10.7 Å². The highest BCUT2D eigenvalue weighted by Gasteiger charge is 2.47. The zero-order valence-corrected chi connectivity index (χ0v) is 18.4. The zero-order chi connectivity index (χ0) is 20.6. The number of urea groups is 1. The highest BCUT2D eigenvalue weighted by Crippen LogP contribution is 2.36. The van der Waals surface area contributed by atoms with Crippen molar-refractivity contribution in [2.75, 3.05) is 18.4 Å². The van der Waals surface area contributed by atoms with Crippen molar-refractivity contribution >= 4 is 55.2 Å². The summed E-state index contributed by atoms with van der Waals surface area (Å²) in [6.45, 7) is 4.49. The van der Waals surface area contributed by atoms with E-state index < -0.39 is 5.54 Å². The molecule has 3 aromatic rings. The van der Waals surface area contributed by atoms with Crippen LogP contribution in [-0.4, -0.2) is 45.4 Å². The van der Waals surface area contributed by atoms with E-state index in [0.717, 1.165) is 15.0 Å². The maximum atomic E-state index is 12.1. The fraction of sp³-hybridized carbons (Fsp3) is 0.300. The van der Waals surface area contributed by atoms with Gasteiger partial charge in [-0.25, -0.2) is 14.8 Å². The quantitative estimate of drug-likeness (QED) is 0.522. The van der Waals surface area contributed by atoms with Gasteiger partial charge in [-0.15, -0.1) is 11.3 Å². The lowest BCUT2D eigenvalue weighted by molar-refractivity contribution is -0.125. The SMILES string of the molecule is CCC1(C)C(=O)NC(=O)N1CCNc1ncc(Br)c(-c2cc3ccccc3s2)n1. The van der Waals surface area contributed by atoms with E-state index in [2.05, 4.69) is 54.7 Å². The van der Waals surface area contributed by atoms with Crippen LogP contribution in [0, 0.1) is 0 Å². The van der Waals surface area contributed by atoms with Crippen LogP contribution in [0.1, 0.15) is 20.3 Å². The first-order valence-electron chi connectivity index (χ1n) is 9.31. The topological polar surface area (TPSA) is 87.2 Å². The van der Waals surface area contributed by atoms with Crippen molar-refractivity contribution in [2.24, 2.45) is 0 Å². The number of halogens is 1. The minimum absolute atomic E-state index is 0.253. The van der Waals surface area contributed by atoms with Gasteiger partial charge < -0.3 is 10.2 Å². The van der Waals surface area contributed by atoms with E-state index in [9.17, 15) is 9.59 Å². The van der Waals surface area contributed by atoms with Crippen LogP contribution in [0.25, 0.3) is 20.7 Å².